The highest BCUT2D eigenvalue weighted by atomic mass is 32.2. The van der Waals surface area contributed by atoms with Crippen molar-refractivity contribution in [1.82, 2.24) is 14.5 Å². The maximum atomic E-state index is 14.8. The zero-order valence-electron chi connectivity index (χ0n) is 22.3. The molecule has 2 aromatic carbocycles. The minimum Gasteiger partial charge on any atom is -0.380 e. The molecule has 4 heterocycles. The van der Waals surface area contributed by atoms with E-state index in [9.17, 15) is 22.8 Å². The zero-order valence-corrected chi connectivity index (χ0v) is 23.1. The summed E-state index contributed by atoms with van der Waals surface area (Å²) in [6.07, 6.45) is -3.40. The molecule has 11 heteroatoms. The van der Waals surface area contributed by atoms with Crippen LogP contribution in [0.15, 0.2) is 52.7 Å². The van der Waals surface area contributed by atoms with Crippen molar-refractivity contribution in [3.8, 4) is 11.1 Å². The van der Waals surface area contributed by atoms with Gasteiger partial charge in [-0.2, -0.15) is 18.2 Å². The van der Waals surface area contributed by atoms with Crippen molar-refractivity contribution in [1.29, 1.82) is 0 Å². The van der Waals surface area contributed by atoms with Gasteiger partial charge in [0.05, 0.1) is 24.3 Å². The van der Waals surface area contributed by atoms with Gasteiger partial charge in [0.25, 0.3) is 0 Å². The van der Waals surface area contributed by atoms with E-state index in [2.05, 4.69) is 11.6 Å². The summed E-state index contributed by atoms with van der Waals surface area (Å²) in [6.45, 7) is 9.52. The molecule has 3 aliphatic rings. The van der Waals surface area contributed by atoms with E-state index in [0.29, 0.717) is 61.1 Å². The molecule has 0 saturated carbocycles. The topological polar surface area (TPSA) is 67.7 Å². The van der Waals surface area contributed by atoms with Crippen molar-refractivity contribution < 1.29 is 22.7 Å². The molecule has 3 aliphatic heterocycles. The van der Waals surface area contributed by atoms with Gasteiger partial charge >= 0.3 is 11.9 Å². The standard InChI is InChI=1S/C29H29F3N4O3S/c1-4-22(37)34-9-10-35(18(3)12-34)26-20-11-21(29(30,31)32)23(19-7-5-17(2)6-8-19)25-24(20)36(27(38)33-26)13-28(16-40-25)14-39-15-28/h4-8,11,18H,1,9-10,12-16H2,2-3H3. The van der Waals surface area contributed by atoms with E-state index in [1.807, 2.05) is 18.7 Å². The van der Waals surface area contributed by atoms with E-state index in [1.165, 1.54) is 17.8 Å². The van der Waals surface area contributed by atoms with Crippen LogP contribution in [0.4, 0.5) is 19.0 Å². The molecule has 0 aliphatic carbocycles. The monoisotopic (exact) mass is 570 g/mol. The quantitative estimate of drug-likeness (QED) is 0.424. The first-order valence-electron chi connectivity index (χ1n) is 13.2. The number of hydrogen-bond acceptors (Lipinski definition) is 6. The molecule has 40 heavy (non-hydrogen) atoms. The Labute approximate surface area is 233 Å². The number of thioether (sulfide) groups is 1. The van der Waals surface area contributed by atoms with Crippen LogP contribution >= 0.6 is 11.8 Å². The molecule has 0 radical (unpaired) electrons. The molecule has 3 aromatic rings. The first-order chi connectivity index (χ1) is 19.0. The van der Waals surface area contributed by atoms with Gasteiger partial charge in [0.1, 0.15) is 5.82 Å². The Morgan fingerprint density at radius 1 is 1.23 bits per heavy atom. The summed E-state index contributed by atoms with van der Waals surface area (Å²) in [6, 6.07) is 7.90. The molecule has 2 fully saturated rings. The maximum absolute atomic E-state index is 14.8. The van der Waals surface area contributed by atoms with Gasteiger partial charge in [0.15, 0.2) is 0 Å². The number of halogens is 3. The van der Waals surface area contributed by atoms with E-state index in [1.54, 1.807) is 33.7 Å². The second-order valence-corrected chi connectivity index (χ2v) is 12.0. The highest BCUT2D eigenvalue weighted by molar-refractivity contribution is 7.99. The third-order valence-corrected chi connectivity index (χ3v) is 9.51. The summed E-state index contributed by atoms with van der Waals surface area (Å²) in [4.78, 5) is 34.2. The Bertz CT molecular complexity index is 1580. The van der Waals surface area contributed by atoms with Crippen LogP contribution in [0.3, 0.4) is 0 Å². The third kappa shape index (κ3) is 4.39. The number of carbonyl (C=O) groups excluding carboxylic acids is 1. The van der Waals surface area contributed by atoms with Gasteiger partial charge < -0.3 is 14.5 Å². The van der Waals surface area contributed by atoms with E-state index < -0.39 is 17.4 Å². The van der Waals surface area contributed by atoms with Crippen molar-refractivity contribution in [2.75, 3.05) is 43.5 Å². The number of carbonyl (C=O) groups is 1. The number of amides is 1. The van der Waals surface area contributed by atoms with Crippen LogP contribution in [0.1, 0.15) is 18.1 Å². The molecule has 1 atom stereocenters. The van der Waals surface area contributed by atoms with Crippen LogP contribution in [-0.2, 0) is 22.3 Å². The number of alkyl halides is 3. The molecular weight excluding hydrogens is 541 g/mol. The van der Waals surface area contributed by atoms with E-state index in [0.717, 1.165) is 11.6 Å². The summed E-state index contributed by atoms with van der Waals surface area (Å²) >= 11 is 1.36. The van der Waals surface area contributed by atoms with E-state index >= 15 is 0 Å². The second kappa shape index (κ2) is 9.66. The Morgan fingerprint density at radius 3 is 2.55 bits per heavy atom. The van der Waals surface area contributed by atoms with Gasteiger partial charge in [0, 0.05) is 59.2 Å². The Morgan fingerprint density at radius 2 is 1.95 bits per heavy atom. The number of aryl methyl sites for hydroxylation is 1. The number of piperazine rings is 1. The van der Waals surface area contributed by atoms with Crippen LogP contribution in [-0.4, -0.2) is 65.0 Å². The third-order valence-electron chi connectivity index (χ3n) is 8.06. The number of nitrogens with zero attached hydrogens (tertiary/aromatic N) is 4. The lowest BCUT2D eigenvalue weighted by atomic mass is 9.88. The first-order valence-corrected chi connectivity index (χ1v) is 14.1. The number of ether oxygens (including phenoxy) is 1. The fourth-order valence-corrected chi connectivity index (χ4v) is 7.34. The van der Waals surface area contributed by atoms with Gasteiger partial charge in [-0.25, -0.2) is 4.79 Å². The average molecular weight is 571 g/mol. The second-order valence-electron chi connectivity index (χ2n) is 11.0. The van der Waals surface area contributed by atoms with Crippen molar-refractivity contribution in [3.63, 3.8) is 0 Å². The number of benzene rings is 2. The number of aromatic nitrogens is 2. The average Bonchev–Trinajstić information content (AvgIpc) is 3.09. The number of rotatable bonds is 3. The molecular formula is C29H29F3N4O3S. The molecule has 2 saturated heterocycles. The number of hydrogen-bond donors (Lipinski definition) is 0. The molecule has 1 spiro atoms. The highest BCUT2D eigenvalue weighted by Gasteiger charge is 2.44. The van der Waals surface area contributed by atoms with Crippen LogP contribution in [0.2, 0.25) is 0 Å². The normalized spacial score (nSPS) is 20.4. The molecule has 0 N–H and O–H groups in total. The summed E-state index contributed by atoms with van der Waals surface area (Å²) < 4.78 is 51.6. The van der Waals surface area contributed by atoms with Crippen molar-refractivity contribution in [3.05, 3.63) is 64.6 Å². The lowest BCUT2D eigenvalue weighted by Gasteiger charge is -2.41. The van der Waals surface area contributed by atoms with Crippen molar-refractivity contribution in [2.24, 2.45) is 5.41 Å². The lowest BCUT2D eigenvalue weighted by Crippen LogP contribution is -2.54. The minimum absolute atomic E-state index is 0.0852. The van der Waals surface area contributed by atoms with Crippen LogP contribution in [0.25, 0.3) is 22.0 Å². The van der Waals surface area contributed by atoms with Gasteiger partial charge in [-0.3, -0.25) is 9.36 Å². The van der Waals surface area contributed by atoms with Gasteiger partial charge in [-0.15, -0.1) is 11.8 Å². The van der Waals surface area contributed by atoms with Crippen LogP contribution in [0.5, 0.6) is 0 Å². The highest BCUT2D eigenvalue weighted by Crippen LogP contribution is 2.51. The smallest absolute Gasteiger partial charge is 0.380 e. The summed E-state index contributed by atoms with van der Waals surface area (Å²) in [7, 11) is 0. The molecule has 6 rings (SSSR count). The van der Waals surface area contributed by atoms with Crippen molar-refractivity contribution >= 4 is 34.4 Å². The largest absolute Gasteiger partial charge is 0.417 e. The van der Waals surface area contributed by atoms with Crippen LogP contribution < -0.4 is 10.6 Å². The van der Waals surface area contributed by atoms with Gasteiger partial charge in [0.2, 0.25) is 5.91 Å². The van der Waals surface area contributed by atoms with Gasteiger partial charge in [-0.05, 0) is 31.6 Å². The molecule has 0 bridgehead atoms. The summed E-state index contributed by atoms with van der Waals surface area (Å²) in [5.74, 6) is 0.537. The molecule has 7 nitrogen and oxygen atoms in total. The van der Waals surface area contributed by atoms with Crippen LogP contribution in [0, 0.1) is 12.3 Å². The summed E-state index contributed by atoms with van der Waals surface area (Å²) in [5.41, 5.74) is 0.346. The molecule has 1 amide bonds. The van der Waals surface area contributed by atoms with E-state index in [4.69, 9.17) is 4.74 Å². The Kier molecular flexibility index (Phi) is 6.49. The zero-order chi connectivity index (χ0) is 28.4. The minimum atomic E-state index is -4.64. The van der Waals surface area contributed by atoms with Gasteiger partial charge in [-0.1, -0.05) is 36.4 Å². The lowest BCUT2D eigenvalue weighted by molar-refractivity contribution is -0.137. The summed E-state index contributed by atoms with van der Waals surface area (Å²) in [5, 5.41) is 0.290. The number of anilines is 1. The fraction of sp³-hybridized carbons (Fsp3) is 0.414. The predicted molar refractivity (Wildman–Crippen MR) is 149 cm³/mol. The Hall–Kier alpha value is -3.31. The molecule has 210 valence electrons. The molecule has 1 aromatic heterocycles. The molecule has 1 unspecified atom stereocenters. The SMILES string of the molecule is C=CC(=O)N1CCN(c2nc(=O)n3c4c(c(-c5ccc(C)cc5)c(C(F)(F)F)cc24)SCC2(COC2)C3)C(C)C1. The maximum Gasteiger partial charge on any atom is 0.417 e. The first kappa shape index (κ1) is 26.9. The fourth-order valence-electron chi connectivity index (χ4n) is 5.90. The van der Waals surface area contributed by atoms with Crippen molar-refractivity contribution in [2.45, 2.75) is 37.5 Å². The predicted octanol–water partition coefficient (Wildman–Crippen LogP) is 4.74. The van der Waals surface area contributed by atoms with E-state index in [-0.39, 0.29) is 34.1 Å². The Balaban J connectivity index is 1.63.